The molecule has 3 rings (SSSR count). The smallest absolute Gasteiger partial charge is 0.325 e. The van der Waals surface area contributed by atoms with E-state index in [0.29, 0.717) is 22.6 Å². The van der Waals surface area contributed by atoms with Gasteiger partial charge >= 0.3 is 18.4 Å². The monoisotopic (exact) mass is 445 g/mol. The summed E-state index contributed by atoms with van der Waals surface area (Å²) in [4.78, 5) is 37.2. The van der Waals surface area contributed by atoms with Gasteiger partial charge in [-0.15, -0.1) is 0 Å². The second-order valence-corrected chi connectivity index (χ2v) is 6.56. The molecular formula is C19H13F6N3O3. The number of nitrogens with zero attached hydrogens (tertiary/aromatic N) is 1. The zero-order valence-corrected chi connectivity index (χ0v) is 15.3. The Morgan fingerprint density at radius 1 is 0.935 bits per heavy atom. The Morgan fingerprint density at radius 2 is 1.48 bits per heavy atom. The highest BCUT2D eigenvalue weighted by Crippen LogP contribution is 2.37. The summed E-state index contributed by atoms with van der Waals surface area (Å²) in [5, 5.41) is 4.23. The van der Waals surface area contributed by atoms with Crippen LogP contribution in [0.4, 0.5) is 36.8 Å². The average Bonchev–Trinajstić information content (AvgIpc) is 2.95. The van der Waals surface area contributed by atoms with E-state index in [1.807, 2.05) is 5.32 Å². The Bertz CT molecular complexity index is 989. The first kappa shape index (κ1) is 22.1. The lowest BCUT2D eigenvalue weighted by molar-refractivity contribution is -0.143. The molecule has 2 N–H and O–H groups in total. The van der Waals surface area contributed by atoms with Gasteiger partial charge in [0.2, 0.25) is 5.91 Å². The maximum atomic E-state index is 12.9. The molecule has 164 valence electrons. The summed E-state index contributed by atoms with van der Waals surface area (Å²) >= 11 is 0. The van der Waals surface area contributed by atoms with Crippen molar-refractivity contribution in [3.05, 3.63) is 65.2 Å². The number of alkyl halides is 6. The molecule has 1 unspecified atom stereocenters. The number of halogens is 6. The van der Waals surface area contributed by atoms with Crippen LogP contribution in [0.15, 0.2) is 48.5 Å². The van der Waals surface area contributed by atoms with Crippen molar-refractivity contribution < 1.29 is 40.7 Å². The van der Waals surface area contributed by atoms with Crippen molar-refractivity contribution in [2.45, 2.75) is 18.4 Å². The maximum Gasteiger partial charge on any atom is 0.416 e. The normalized spacial score (nSPS) is 17.0. The van der Waals surface area contributed by atoms with Crippen LogP contribution >= 0.6 is 0 Å². The fourth-order valence-corrected chi connectivity index (χ4v) is 2.91. The van der Waals surface area contributed by atoms with E-state index >= 15 is 0 Å². The van der Waals surface area contributed by atoms with Crippen molar-refractivity contribution in [3.8, 4) is 0 Å². The number of urea groups is 1. The number of carbonyl (C=O) groups is 3. The van der Waals surface area contributed by atoms with Gasteiger partial charge in [-0.25, -0.2) is 4.79 Å². The maximum absolute atomic E-state index is 12.9. The van der Waals surface area contributed by atoms with Crippen LogP contribution in [-0.2, 0) is 21.9 Å². The van der Waals surface area contributed by atoms with E-state index in [2.05, 4.69) is 5.32 Å². The Morgan fingerprint density at radius 3 is 2.00 bits per heavy atom. The minimum Gasteiger partial charge on any atom is -0.325 e. The Kier molecular flexibility index (Phi) is 5.66. The number of carbonyl (C=O) groups excluding carboxylic acids is 3. The molecule has 2 aromatic rings. The number of amides is 4. The average molecular weight is 445 g/mol. The Labute approximate surface area is 170 Å². The first-order chi connectivity index (χ1) is 14.4. The van der Waals surface area contributed by atoms with Gasteiger partial charge in [0.05, 0.1) is 11.1 Å². The molecule has 0 radical (unpaired) electrons. The number of imide groups is 1. The van der Waals surface area contributed by atoms with Crippen LogP contribution in [0.25, 0.3) is 0 Å². The summed E-state index contributed by atoms with van der Waals surface area (Å²) in [6.07, 6.45) is -10.2. The van der Waals surface area contributed by atoms with Gasteiger partial charge in [-0.05, 0) is 23.8 Å². The van der Waals surface area contributed by atoms with Gasteiger partial charge in [0.25, 0.3) is 5.91 Å². The molecule has 0 spiro atoms. The highest BCUT2D eigenvalue weighted by atomic mass is 19.4. The molecular weight excluding hydrogens is 432 g/mol. The summed E-state index contributed by atoms with van der Waals surface area (Å²) in [5.74, 6) is -1.93. The van der Waals surface area contributed by atoms with E-state index in [9.17, 15) is 40.7 Å². The van der Waals surface area contributed by atoms with Crippen molar-refractivity contribution in [2.24, 2.45) is 0 Å². The lowest BCUT2D eigenvalue weighted by Gasteiger charge is -2.16. The van der Waals surface area contributed by atoms with Crippen molar-refractivity contribution in [2.75, 3.05) is 11.9 Å². The third kappa shape index (κ3) is 4.95. The molecule has 0 bridgehead atoms. The van der Waals surface area contributed by atoms with Crippen molar-refractivity contribution >= 4 is 23.5 Å². The number of benzene rings is 2. The van der Waals surface area contributed by atoms with Gasteiger partial charge in [0, 0.05) is 5.69 Å². The topological polar surface area (TPSA) is 78.5 Å². The zero-order chi connectivity index (χ0) is 23.0. The van der Waals surface area contributed by atoms with Gasteiger partial charge in [-0.3, -0.25) is 14.5 Å². The van der Waals surface area contributed by atoms with Gasteiger partial charge in [-0.2, -0.15) is 26.3 Å². The van der Waals surface area contributed by atoms with Crippen molar-refractivity contribution in [1.29, 1.82) is 0 Å². The number of hydrogen-bond donors (Lipinski definition) is 2. The molecule has 2 aromatic carbocycles. The van der Waals surface area contributed by atoms with E-state index in [4.69, 9.17) is 0 Å². The van der Waals surface area contributed by atoms with E-state index < -0.39 is 59.6 Å². The molecule has 1 atom stereocenters. The quantitative estimate of drug-likeness (QED) is 0.553. The standard InChI is InChI=1S/C19H13F6N3O3/c20-18(21,22)11-6-12(19(23,24)25)8-13(7-11)26-14(29)9-28-16(30)15(27-17(28)31)10-4-2-1-3-5-10/h1-8,15H,9H2,(H,26,29)(H,27,31). The van der Waals surface area contributed by atoms with Crippen molar-refractivity contribution in [3.63, 3.8) is 0 Å². The molecule has 1 saturated heterocycles. The number of anilines is 1. The van der Waals surface area contributed by atoms with Crippen LogP contribution in [-0.4, -0.2) is 29.3 Å². The molecule has 1 heterocycles. The van der Waals surface area contributed by atoms with Crippen molar-refractivity contribution in [1.82, 2.24) is 10.2 Å². The van der Waals surface area contributed by atoms with Gasteiger partial charge in [0.1, 0.15) is 12.6 Å². The second kappa shape index (κ2) is 7.93. The third-order valence-corrected chi connectivity index (χ3v) is 4.33. The lowest BCUT2D eigenvalue weighted by Crippen LogP contribution is -2.38. The first-order valence-electron chi connectivity index (χ1n) is 8.62. The van der Waals surface area contributed by atoms with Crippen LogP contribution in [0.2, 0.25) is 0 Å². The minimum atomic E-state index is -5.09. The van der Waals surface area contributed by atoms with Crippen LogP contribution < -0.4 is 10.6 Å². The molecule has 0 saturated carbocycles. The molecule has 1 aliphatic heterocycles. The fourth-order valence-electron chi connectivity index (χ4n) is 2.91. The SMILES string of the molecule is O=C(CN1C(=O)NC(c2ccccc2)C1=O)Nc1cc(C(F)(F)F)cc(C(F)(F)F)c1. The van der Waals surface area contributed by atoms with Crippen LogP contribution in [0.3, 0.4) is 0 Å². The molecule has 4 amide bonds. The highest BCUT2D eigenvalue weighted by molar-refractivity contribution is 6.08. The fraction of sp³-hybridized carbons (Fsp3) is 0.211. The van der Waals surface area contributed by atoms with Gasteiger partial charge in [0.15, 0.2) is 0 Å². The largest absolute Gasteiger partial charge is 0.416 e. The van der Waals surface area contributed by atoms with Crippen LogP contribution in [0.1, 0.15) is 22.7 Å². The molecule has 6 nitrogen and oxygen atoms in total. The number of rotatable bonds is 4. The molecule has 0 aromatic heterocycles. The molecule has 1 fully saturated rings. The summed E-state index contributed by atoms with van der Waals surface area (Å²) in [7, 11) is 0. The summed E-state index contributed by atoms with van der Waals surface area (Å²) in [6, 6.07) is 6.63. The predicted molar refractivity (Wildman–Crippen MR) is 94.5 cm³/mol. The number of hydrogen-bond acceptors (Lipinski definition) is 3. The molecule has 1 aliphatic rings. The molecule has 31 heavy (non-hydrogen) atoms. The van der Waals surface area contributed by atoms with Crippen LogP contribution in [0, 0.1) is 0 Å². The van der Waals surface area contributed by atoms with E-state index in [1.54, 1.807) is 30.3 Å². The minimum absolute atomic E-state index is 0.0858. The van der Waals surface area contributed by atoms with E-state index in [0.717, 1.165) is 0 Å². The number of nitrogens with one attached hydrogen (secondary N) is 2. The summed E-state index contributed by atoms with van der Waals surface area (Å²) < 4.78 is 77.5. The highest BCUT2D eigenvalue weighted by Gasteiger charge is 2.40. The van der Waals surface area contributed by atoms with Gasteiger partial charge < -0.3 is 10.6 Å². The van der Waals surface area contributed by atoms with Crippen LogP contribution in [0.5, 0.6) is 0 Å². The molecule has 0 aliphatic carbocycles. The summed E-state index contributed by atoms with van der Waals surface area (Å²) in [5.41, 5.74) is -3.57. The summed E-state index contributed by atoms with van der Waals surface area (Å²) in [6.45, 7) is -0.897. The Hall–Kier alpha value is -3.57. The first-order valence-corrected chi connectivity index (χ1v) is 8.62. The zero-order valence-electron chi connectivity index (χ0n) is 15.3. The predicted octanol–water partition coefficient (Wildman–Crippen LogP) is 3.96. The van der Waals surface area contributed by atoms with E-state index in [1.165, 1.54) is 0 Å². The Balaban J connectivity index is 1.78. The molecule has 12 heteroatoms. The third-order valence-electron chi connectivity index (χ3n) is 4.33. The lowest BCUT2D eigenvalue weighted by atomic mass is 10.1. The van der Waals surface area contributed by atoms with E-state index in [-0.39, 0.29) is 6.07 Å². The second-order valence-electron chi connectivity index (χ2n) is 6.56. The van der Waals surface area contributed by atoms with Gasteiger partial charge in [-0.1, -0.05) is 30.3 Å².